The molecule has 0 saturated heterocycles. The number of esters is 1. The Balaban J connectivity index is 3.33. The van der Waals surface area contributed by atoms with Crippen molar-refractivity contribution < 1.29 is 18.4 Å². The second-order valence-corrected chi connectivity index (χ2v) is 20.6. The standard InChI is InChI=1S/C22H42O4Si2/c1-16-13-17(25-27(9,10)21(2,3)4)15-18(20(23)24-8)19(14-16)26-28(11,12)22(5,6)7/h13,16H,14-15H2,1-12H3/t16-/m0/s1. The van der Waals surface area contributed by atoms with Gasteiger partial charge in [-0.15, -0.1) is 0 Å². The first-order valence-corrected chi connectivity index (χ1v) is 16.1. The minimum Gasteiger partial charge on any atom is -0.546 e. The molecule has 0 spiro atoms. The van der Waals surface area contributed by atoms with E-state index < -0.39 is 16.6 Å². The second kappa shape index (κ2) is 8.38. The van der Waals surface area contributed by atoms with Crippen LogP contribution in [0.1, 0.15) is 61.3 Å². The van der Waals surface area contributed by atoms with Crippen LogP contribution in [0.25, 0.3) is 0 Å². The van der Waals surface area contributed by atoms with E-state index in [2.05, 4.69) is 80.7 Å². The van der Waals surface area contributed by atoms with Gasteiger partial charge >= 0.3 is 5.97 Å². The van der Waals surface area contributed by atoms with Gasteiger partial charge in [0.2, 0.25) is 16.6 Å². The highest BCUT2D eigenvalue weighted by molar-refractivity contribution is 6.74. The van der Waals surface area contributed by atoms with E-state index >= 15 is 0 Å². The Morgan fingerprint density at radius 1 is 0.964 bits per heavy atom. The van der Waals surface area contributed by atoms with Gasteiger partial charge in [0.25, 0.3) is 0 Å². The summed E-state index contributed by atoms with van der Waals surface area (Å²) in [7, 11) is -2.62. The zero-order valence-electron chi connectivity index (χ0n) is 20.2. The average Bonchev–Trinajstić information content (AvgIpc) is 2.61. The predicted octanol–water partition coefficient (Wildman–Crippen LogP) is 6.77. The van der Waals surface area contributed by atoms with Crippen LogP contribution in [0.2, 0.25) is 36.3 Å². The van der Waals surface area contributed by atoms with Gasteiger partial charge in [0.1, 0.15) is 0 Å². The maximum atomic E-state index is 12.7. The highest BCUT2D eigenvalue weighted by atomic mass is 28.4. The molecule has 0 aromatic rings. The van der Waals surface area contributed by atoms with E-state index in [4.69, 9.17) is 13.6 Å². The summed E-state index contributed by atoms with van der Waals surface area (Å²) in [6.07, 6.45) is 3.31. The summed E-state index contributed by atoms with van der Waals surface area (Å²) in [6.45, 7) is 24.4. The average molecular weight is 427 g/mol. The van der Waals surface area contributed by atoms with Crippen LogP contribution in [0.5, 0.6) is 0 Å². The number of carbonyl (C=O) groups excluding carboxylic acids is 1. The summed E-state index contributed by atoms with van der Waals surface area (Å²) in [6, 6.07) is 0. The number of rotatable bonds is 5. The molecule has 1 rings (SSSR count). The van der Waals surface area contributed by atoms with Crippen molar-refractivity contribution in [2.75, 3.05) is 7.11 Å². The molecule has 28 heavy (non-hydrogen) atoms. The molecule has 1 atom stereocenters. The molecule has 4 nitrogen and oxygen atoms in total. The van der Waals surface area contributed by atoms with Gasteiger partial charge in [-0.3, -0.25) is 0 Å². The summed E-state index contributed by atoms with van der Waals surface area (Å²) in [4.78, 5) is 12.7. The molecule has 0 heterocycles. The molecule has 6 heteroatoms. The fourth-order valence-corrected chi connectivity index (χ4v) is 4.78. The molecular weight excluding hydrogens is 384 g/mol. The number of methoxy groups -OCH3 is 1. The first kappa shape index (κ1) is 25.0. The van der Waals surface area contributed by atoms with E-state index in [9.17, 15) is 4.79 Å². The molecule has 0 radical (unpaired) electrons. The van der Waals surface area contributed by atoms with Crippen LogP contribution in [0.4, 0.5) is 0 Å². The van der Waals surface area contributed by atoms with Gasteiger partial charge in [-0.25, -0.2) is 4.79 Å². The Morgan fingerprint density at radius 3 is 1.86 bits per heavy atom. The van der Waals surface area contributed by atoms with Crippen molar-refractivity contribution in [3.05, 3.63) is 23.2 Å². The molecule has 162 valence electrons. The smallest absolute Gasteiger partial charge is 0.337 e. The van der Waals surface area contributed by atoms with Crippen LogP contribution < -0.4 is 0 Å². The SMILES string of the molecule is COC(=O)C1=C(O[Si](C)(C)C(C)(C)C)C[C@@H](C)C=C(O[Si](C)(C)C(C)(C)C)C1. The van der Waals surface area contributed by atoms with E-state index in [1.54, 1.807) is 0 Å². The lowest BCUT2D eigenvalue weighted by molar-refractivity contribution is -0.136. The van der Waals surface area contributed by atoms with Gasteiger partial charge in [0.15, 0.2) is 0 Å². The van der Waals surface area contributed by atoms with E-state index in [1.165, 1.54) is 7.11 Å². The number of carbonyl (C=O) groups is 1. The Kier molecular flexibility index (Phi) is 7.49. The first-order valence-electron chi connectivity index (χ1n) is 10.3. The highest BCUT2D eigenvalue weighted by Crippen LogP contribution is 2.43. The third-order valence-electron chi connectivity index (χ3n) is 6.47. The van der Waals surface area contributed by atoms with Gasteiger partial charge in [-0.05, 0) is 48.3 Å². The van der Waals surface area contributed by atoms with Gasteiger partial charge in [0, 0.05) is 12.8 Å². The molecule has 0 fully saturated rings. The van der Waals surface area contributed by atoms with Crippen molar-refractivity contribution >= 4 is 22.6 Å². The van der Waals surface area contributed by atoms with Crippen LogP contribution in [0.3, 0.4) is 0 Å². The Hall–Kier alpha value is -1.02. The fourth-order valence-electron chi connectivity index (χ4n) is 2.55. The van der Waals surface area contributed by atoms with Crippen LogP contribution in [0, 0.1) is 5.92 Å². The van der Waals surface area contributed by atoms with Gasteiger partial charge in [-0.2, -0.15) is 0 Å². The molecule has 0 aromatic heterocycles. The van der Waals surface area contributed by atoms with Crippen LogP contribution in [0.15, 0.2) is 23.2 Å². The summed E-state index contributed by atoms with van der Waals surface area (Å²) >= 11 is 0. The lowest BCUT2D eigenvalue weighted by Gasteiger charge is -2.38. The third-order valence-corrected chi connectivity index (χ3v) is 15.2. The number of hydrogen-bond acceptors (Lipinski definition) is 4. The van der Waals surface area contributed by atoms with E-state index in [0.29, 0.717) is 18.4 Å². The lowest BCUT2D eigenvalue weighted by atomic mass is 10.1. The zero-order chi connectivity index (χ0) is 22.1. The summed E-state index contributed by atoms with van der Waals surface area (Å²) in [5.41, 5.74) is 0.613. The summed E-state index contributed by atoms with van der Waals surface area (Å²) in [5, 5.41) is 0.156. The monoisotopic (exact) mass is 426 g/mol. The topological polar surface area (TPSA) is 44.8 Å². The van der Waals surface area contributed by atoms with E-state index in [1.807, 2.05) is 0 Å². The molecule has 0 aromatic carbocycles. The Morgan fingerprint density at radius 2 is 1.43 bits per heavy atom. The number of allylic oxidation sites excluding steroid dienone is 3. The minimum absolute atomic E-state index is 0.0602. The van der Waals surface area contributed by atoms with Crippen molar-refractivity contribution in [3.8, 4) is 0 Å². The van der Waals surface area contributed by atoms with E-state index in [-0.39, 0.29) is 22.0 Å². The molecule has 0 aliphatic heterocycles. The van der Waals surface area contributed by atoms with Crippen molar-refractivity contribution in [1.82, 2.24) is 0 Å². The lowest BCUT2D eigenvalue weighted by Crippen LogP contribution is -2.41. The van der Waals surface area contributed by atoms with E-state index in [0.717, 1.165) is 11.5 Å². The zero-order valence-corrected chi connectivity index (χ0v) is 22.2. The van der Waals surface area contributed by atoms with Gasteiger partial charge < -0.3 is 13.6 Å². The van der Waals surface area contributed by atoms with Crippen molar-refractivity contribution in [2.45, 2.75) is 97.6 Å². The maximum Gasteiger partial charge on any atom is 0.337 e. The van der Waals surface area contributed by atoms with Gasteiger partial charge in [-0.1, -0.05) is 48.5 Å². The quantitative estimate of drug-likeness (QED) is 0.359. The predicted molar refractivity (Wildman–Crippen MR) is 122 cm³/mol. The molecule has 0 unspecified atom stereocenters. The summed E-state index contributed by atoms with van der Waals surface area (Å²) in [5.74, 6) is 1.60. The van der Waals surface area contributed by atoms with Crippen molar-refractivity contribution in [3.63, 3.8) is 0 Å². The summed E-state index contributed by atoms with van der Waals surface area (Å²) < 4.78 is 18.3. The normalized spacial score (nSPS) is 19.7. The van der Waals surface area contributed by atoms with Crippen molar-refractivity contribution in [1.29, 1.82) is 0 Å². The van der Waals surface area contributed by atoms with Crippen LogP contribution in [-0.4, -0.2) is 29.7 Å². The van der Waals surface area contributed by atoms with Crippen molar-refractivity contribution in [2.24, 2.45) is 5.92 Å². The van der Waals surface area contributed by atoms with Gasteiger partial charge in [0.05, 0.1) is 24.2 Å². The molecule has 1 aliphatic rings. The molecule has 1 aliphatic carbocycles. The Labute approximate surface area is 175 Å². The fraction of sp³-hybridized carbons (Fsp3) is 0.773. The third kappa shape index (κ3) is 5.99. The van der Waals surface area contributed by atoms with Crippen LogP contribution >= 0.6 is 0 Å². The molecule has 0 saturated carbocycles. The first-order chi connectivity index (χ1) is 12.4. The molecule has 0 N–H and O–H groups in total. The molecule has 0 amide bonds. The largest absolute Gasteiger partial charge is 0.546 e. The maximum absolute atomic E-state index is 12.7. The minimum atomic E-state index is -2.06. The number of hydrogen-bond donors (Lipinski definition) is 0. The molecule has 0 bridgehead atoms. The second-order valence-electron chi connectivity index (χ2n) is 11.1. The van der Waals surface area contributed by atoms with Crippen LogP contribution in [-0.2, 0) is 18.4 Å². The Bertz CT molecular complexity index is 646. The number of ether oxygens (including phenoxy) is 1. The molecular formula is C22H42O4Si2. The highest BCUT2D eigenvalue weighted by Gasteiger charge is 2.42.